The van der Waals surface area contributed by atoms with Gasteiger partial charge in [-0.3, -0.25) is 9.36 Å². The summed E-state index contributed by atoms with van der Waals surface area (Å²) in [6, 6.07) is 6.98. The van der Waals surface area contributed by atoms with Crippen LogP contribution in [0.5, 0.6) is 0 Å². The molecule has 1 aliphatic rings. The van der Waals surface area contributed by atoms with Crippen molar-refractivity contribution in [3.63, 3.8) is 0 Å². The van der Waals surface area contributed by atoms with Crippen molar-refractivity contribution < 1.29 is 17.6 Å². The molecular formula is C15H18N2O5S. The molecule has 0 spiro atoms. The molecule has 2 aromatic rings. The molecule has 0 bridgehead atoms. The van der Waals surface area contributed by atoms with E-state index < -0.39 is 15.6 Å². The van der Waals surface area contributed by atoms with E-state index in [-0.39, 0.29) is 30.8 Å². The fourth-order valence-corrected chi connectivity index (χ4v) is 3.08. The van der Waals surface area contributed by atoms with Gasteiger partial charge in [0.05, 0.1) is 11.3 Å². The molecule has 124 valence electrons. The largest absolute Gasteiger partial charge is 0.420 e. The van der Waals surface area contributed by atoms with Crippen LogP contribution in [0, 0.1) is 0 Å². The number of oxazole rings is 1. The lowest BCUT2D eigenvalue weighted by atomic mass is 10.3. The van der Waals surface area contributed by atoms with E-state index >= 15 is 0 Å². The molecular weight excluding hydrogens is 320 g/mol. The first-order valence-electron chi connectivity index (χ1n) is 7.41. The molecule has 1 heterocycles. The van der Waals surface area contributed by atoms with Gasteiger partial charge in [-0.05, 0) is 25.0 Å². The summed E-state index contributed by atoms with van der Waals surface area (Å²) in [4.78, 5) is 26.0. The Morgan fingerprint density at radius 1 is 1.35 bits per heavy atom. The first-order valence-corrected chi connectivity index (χ1v) is 9.47. The number of amides is 1. The van der Waals surface area contributed by atoms with Crippen LogP contribution in [-0.4, -0.2) is 48.4 Å². The highest BCUT2D eigenvalue weighted by Gasteiger charge is 2.33. The van der Waals surface area contributed by atoms with Crippen molar-refractivity contribution in [2.75, 3.05) is 18.6 Å². The number of carbonyl (C=O) groups excluding carboxylic acids is 1. The van der Waals surface area contributed by atoms with Crippen LogP contribution in [0.4, 0.5) is 0 Å². The standard InChI is InChI=1S/C15H18N2O5S/c1-23(20,21)9-8-16(11-6-7-11)14(18)10-17-12-4-2-3-5-13(12)22-15(17)19/h2-5,11H,6-10H2,1H3. The molecule has 8 heteroatoms. The minimum atomic E-state index is -3.14. The molecule has 0 aliphatic heterocycles. The highest BCUT2D eigenvalue weighted by atomic mass is 32.2. The van der Waals surface area contributed by atoms with Gasteiger partial charge in [-0.25, -0.2) is 13.2 Å². The van der Waals surface area contributed by atoms with Crippen LogP contribution in [0.15, 0.2) is 33.5 Å². The van der Waals surface area contributed by atoms with Crippen molar-refractivity contribution in [2.45, 2.75) is 25.4 Å². The zero-order valence-corrected chi connectivity index (χ0v) is 13.6. The van der Waals surface area contributed by atoms with E-state index in [1.165, 1.54) is 4.57 Å². The maximum atomic E-state index is 12.5. The lowest BCUT2D eigenvalue weighted by Gasteiger charge is -2.22. The third kappa shape index (κ3) is 3.64. The van der Waals surface area contributed by atoms with Crippen molar-refractivity contribution in [1.29, 1.82) is 0 Å². The number of rotatable bonds is 6. The predicted molar refractivity (Wildman–Crippen MR) is 84.9 cm³/mol. The van der Waals surface area contributed by atoms with Crippen molar-refractivity contribution in [1.82, 2.24) is 9.47 Å². The number of carbonyl (C=O) groups is 1. The molecule has 23 heavy (non-hydrogen) atoms. The Morgan fingerprint density at radius 2 is 2.04 bits per heavy atom. The molecule has 0 saturated heterocycles. The summed E-state index contributed by atoms with van der Waals surface area (Å²) < 4.78 is 29.1. The average molecular weight is 338 g/mol. The average Bonchev–Trinajstić information content (AvgIpc) is 3.24. The van der Waals surface area contributed by atoms with Crippen LogP contribution < -0.4 is 5.76 Å². The molecule has 0 radical (unpaired) electrons. The van der Waals surface area contributed by atoms with Gasteiger partial charge in [0.15, 0.2) is 5.58 Å². The van der Waals surface area contributed by atoms with E-state index in [9.17, 15) is 18.0 Å². The number of hydrogen-bond acceptors (Lipinski definition) is 5. The van der Waals surface area contributed by atoms with Gasteiger partial charge in [-0.1, -0.05) is 12.1 Å². The summed E-state index contributed by atoms with van der Waals surface area (Å²) >= 11 is 0. The molecule has 1 fully saturated rings. The van der Waals surface area contributed by atoms with Crippen LogP contribution in [0.25, 0.3) is 11.1 Å². The summed E-state index contributed by atoms with van der Waals surface area (Å²) in [6.45, 7) is 0.0168. The van der Waals surface area contributed by atoms with Crippen LogP contribution in [0.3, 0.4) is 0 Å². The van der Waals surface area contributed by atoms with Crippen molar-refractivity contribution in [3.05, 3.63) is 34.8 Å². The quantitative estimate of drug-likeness (QED) is 0.771. The predicted octanol–water partition coefficient (Wildman–Crippen LogP) is 0.630. The van der Waals surface area contributed by atoms with Gasteiger partial charge in [0.1, 0.15) is 16.4 Å². The molecule has 1 amide bonds. The summed E-state index contributed by atoms with van der Waals surface area (Å²) in [5.74, 6) is -0.917. The zero-order valence-electron chi connectivity index (χ0n) is 12.8. The Hall–Kier alpha value is -2.09. The smallest absolute Gasteiger partial charge is 0.408 e. The number of hydrogen-bond donors (Lipinski definition) is 0. The van der Waals surface area contributed by atoms with Gasteiger partial charge in [0, 0.05) is 18.8 Å². The molecule has 3 rings (SSSR count). The minimum absolute atomic E-state index is 0.0731. The number of aromatic nitrogens is 1. The number of para-hydroxylation sites is 2. The van der Waals surface area contributed by atoms with E-state index in [4.69, 9.17) is 4.42 Å². The Morgan fingerprint density at radius 3 is 2.70 bits per heavy atom. The SMILES string of the molecule is CS(=O)(=O)CCN(C(=O)Cn1c(=O)oc2ccccc21)C1CC1. The summed E-state index contributed by atoms with van der Waals surface area (Å²) in [6.07, 6.45) is 2.89. The maximum Gasteiger partial charge on any atom is 0.420 e. The van der Waals surface area contributed by atoms with Gasteiger partial charge in [0.25, 0.3) is 0 Å². The topological polar surface area (TPSA) is 89.6 Å². The van der Waals surface area contributed by atoms with E-state index in [0.717, 1.165) is 19.1 Å². The minimum Gasteiger partial charge on any atom is -0.408 e. The van der Waals surface area contributed by atoms with Gasteiger partial charge in [0.2, 0.25) is 5.91 Å². The molecule has 0 atom stereocenters. The highest BCUT2D eigenvalue weighted by molar-refractivity contribution is 7.90. The van der Waals surface area contributed by atoms with Crippen molar-refractivity contribution >= 4 is 26.8 Å². The third-order valence-corrected chi connectivity index (χ3v) is 4.80. The van der Waals surface area contributed by atoms with Crippen LogP contribution >= 0.6 is 0 Å². The summed E-state index contributed by atoms with van der Waals surface area (Å²) in [5, 5.41) is 0. The number of nitrogens with zero attached hydrogens (tertiary/aromatic N) is 2. The van der Waals surface area contributed by atoms with E-state index in [0.29, 0.717) is 11.1 Å². The Balaban J connectivity index is 1.81. The second-order valence-electron chi connectivity index (χ2n) is 5.87. The number of sulfone groups is 1. The summed E-state index contributed by atoms with van der Waals surface area (Å²) in [5.41, 5.74) is 0.990. The van der Waals surface area contributed by atoms with Gasteiger partial charge in [-0.15, -0.1) is 0 Å². The van der Waals surface area contributed by atoms with Gasteiger partial charge < -0.3 is 9.32 Å². The maximum absolute atomic E-state index is 12.5. The Bertz CT molecular complexity index is 892. The van der Waals surface area contributed by atoms with E-state index in [1.54, 1.807) is 29.2 Å². The molecule has 7 nitrogen and oxygen atoms in total. The molecule has 1 saturated carbocycles. The second kappa shape index (κ2) is 5.84. The molecule has 0 N–H and O–H groups in total. The van der Waals surface area contributed by atoms with Gasteiger partial charge >= 0.3 is 5.76 Å². The monoisotopic (exact) mass is 338 g/mol. The van der Waals surface area contributed by atoms with Gasteiger partial charge in [-0.2, -0.15) is 0 Å². The van der Waals surface area contributed by atoms with Crippen LogP contribution in [0.2, 0.25) is 0 Å². The van der Waals surface area contributed by atoms with E-state index in [1.807, 2.05) is 0 Å². The first kappa shape index (κ1) is 15.8. The summed E-state index contributed by atoms with van der Waals surface area (Å²) in [7, 11) is -3.14. The normalized spacial score (nSPS) is 15.0. The Kier molecular flexibility index (Phi) is 4.01. The van der Waals surface area contributed by atoms with Crippen molar-refractivity contribution in [2.24, 2.45) is 0 Å². The van der Waals surface area contributed by atoms with Crippen molar-refractivity contribution in [3.8, 4) is 0 Å². The lowest BCUT2D eigenvalue weighted by Crippen LogP contribution is -2.40. The Labute approximate surface area is 133 Å². The van der Waals surface area contributed by atoms with Crippen LogP contribution in [-0.2, 0) is 21.2 Å². The first-order chi connectivity index (χ1) is 10.8. The fourth-order valence-electron chi connectivity index (χ4n) is 2.55. The highest BCUT2D eigenvalue weighted by Crippen LogP contribution is 2.27. The van der Waals surface area contributed by atoms with Crippen LogP contribution in [0.1, 0.15) is 12.8 Å². The molecule has 1 aliphatic carbocycles. The molecule has 0 unspecified atom stereocenters. The second-order valence-corrected chi connectivity index (χ2v) is 8.13. The van der Waals surface area contributed by atoms with E-state index in [2.05, 4.69) is 0 Å². The number of fused-ring (bicyclic) bond motifs is 1. The molecule has 1 aromatic heterocycles. The lowest BCUT2D eigenvalue weighted by molar-refractivity contribution is -0.132. The third-order valence-electron chi connectivity index (χ3n) is 3.88. The zero-order chi connectivity index (χ0) is 16.6. The molecule has 1 aromatic carbocycles. The fraction of sp³-hybridized carbons (Fsp3) is 0.467. The number of benzene rings is 1.